The molecule has 0 aromatic rings. The first-order valence-corrected chi connectivity index (χ1v) is 4.88. The quantitative estimate of drug-likeness (QED) is 0.705. The van der Waals surface area contributed by atoms with Gasteiger partial charge in [-0.05, 0) is 26.3 Å². The van der Waals surface area contributed by atoms with Crippen molar-refractivity contribution in [3.05, 3.63) is 0 Å². The molecule has 0 aliphatic carbocycles. The van der Waals surface area contributed by atoms with E-state index in [1.165, 1.54) is 0 Å². The number of ketones is 2. The van der Waals surface area contributed by atoms with Gasteiger partial charge in [0.2, 0.25) is 0 Å². The summed E-state index contributed by atoms with van der Waals surface area (Å²) in [5, 5.41) is 3.14. The molecule has 0 aromatic heterocycles. The third-order valence-electron chi connectivity index (χ3n) is 2.65. The molecule has 1 saturated heterocycles. The standard InChI is InChI=1S/C10H17NO2/c1-7(8(2)12)6-10(13)9-4-3-5-11-9/h7,9,11H,3-6H2,1-2H3/t7-,9+/m1/s1. The zero-order valence-corrected chi connectivity index (χ0v) is 8.30. The van der Waals surface area contributed by atoms with E-state index in [1.54, 1.807) is 6.92 Å². The second kappa shape index (κ2) is 4.51. The predicted molar refractivity (Wildman–Crippen MR) is 50.5 cm³/mol. The first kappa shape index (κ1) is 10.4. The van der Waals surface area contributed by atoms with Crippen molar-refractivity contribution in [1.82, 2.24) is 5.32 Å². The number of carbonyl (C=O) groups is 2. The van der Waals surface area contributed by atoms with Gasteiger partial charge < -0.3 is 5.32 Å². The summed E-state index contributed by atoms with van der Waals surface area (Å²) in [5.41, 5.74) is 0. The average molecular weight is 183 g/mol. The molecule has 3 nitrogen and oxygen atoms in total. The molecule has 0 bridgehead atoms. The van der Waals surface area contributed by atoms with Gasteiger partial charge in [0.05, 0.1) is 6.04 Å². The molecule has 1 rings (SSSR count). The lowest BCUT2D eigenvalue weighted by Crippen LogP contribution is -2.32. The fourth-order valence-corrected chi connectivity index (χ4v) is 1.55. The lowest BCUT2D eigenvalue weighted by atomic mass is 9.97. The highest BCUT2D eigenvalue weighted by Gasteiger charge is 2.24. The summed E-state index contributed by atoms with van der Waals surface area (Å²) < 4.78 is 0. The van der Waals surface area contributed by atoms with Crippen molar-refractivity contribution in [3.8, 4) is 0 Å². The minimum atomic E-state index is -0.116. The Morgan fingerprint density at radius 3 is 2.69 bits per heavy atom. The molecule has 1 N–H and O–H groups in total. The number of rotatable bonds is 4. The zero-order chi connectivity index (χ0) is 9.84. The summed E-state index contributed by atoms with van der Waals surface area (Å²) >= 11 is 0. The molecule has 1 aliphatic heterocycles. The Kier molecular flexibility index (Phi) is 3.60. The summed E-state index contributed by atoms with van der Waals surface area (Å²) in [5.74, 6) is 0.182. The van der Waals surface area contributed by atoms with Crippen molar-refractivity contribution < 1.29 is 9.59 Å². The van der Waals surface area contributed by atoms with Crippen LogP contribution in [0.1, 0.15) is 33.1 Å². The second-order valence-corrected chi connectivity index (χ2v) is 3.83. The molecule has 3 heteroatoms. The number of carbonyl (C=O) groups excluding carboxylic acids is 2. The Hall–Kier alpha value is -0.700. The smallest absolute Gasteiger partial charge is 0.150 e. The first-order chi connectivity index (χ1) is 6.11. The van der Waals surface area contributed by atoms with Crippen LogP contribution < -0.4 is 5.32 Å². The van der Waals surface area contributed by atoms with E-state index in [0.717, 1.165) is 19.4 Å². The summed E-state index contributed by atoms with van der Waals surface area (Å²) in [6, 6.07) is 0.0156. The summed E-state index contributed by atoms with van der Waals surface area (Å²) in [7, 11) is 0. The van der Waals surface area contributed by atoms with Crippen LogP contribution in [0.3, 0.4) is 0 Å². The average Bonchev–Trinajstić information content (AvgIpc) is 2.55. The van der Waals surface area contributed by atoms with Crippen LogP contribution in [0.15, 0.2) is 0 Å². The molecular weight excluding hydrogens is 166 g/mol. The summed E-state index contributed by atoms with van der Waals surface area (Å²) in [4.78, 5) is 22.5. The van der Waals surface area contributed by atoms with Crippen LogP contribution >= 0.6 is 0 Å². The Morgan fingerprint density at radius 2 is 2.23 bits per heavy atom. The molecule has 1 fully saturated rings. The van der Waals surface area contributed by atoms with Crippen molar-refractivity contribution in [2.24, 2.45) is 5.92 Å². The lowest BCUT2D eigenvalue weighted by molar-refractivity contribution is -0.127. The first-order valence-electron chi connectivity index (χ1n) is 4.88. The maximum atomic E-state index is 11.5. The van der Waals surface area contributed by atoms with Gasteiger partial charge in [0.15, 0.2) is 0 Å². The Morgan fingerprint density at radius 1 is 1.54 bits per heavy atom. The number of hydrogen-bond acceptors (Lipinski definition) is 3. The Labute approximate surface area is 78.9 Å². The molecule has 1 aliphatic rings. The third-order valence-corrected chi connectivity index (χ3v) is 2.65. The molecule has 0 aromatic carbocycles. The van der Waals surface area contributed by atoms with Crippen molar-refractivity contribution in [2.75, 3.05) is 6.54 Å². The van der Waals surface area contributed by atoms with Gasteiger partial charge in [0.25, 0.3) is 0 Å². The Bertz CT molecular complexity index is 207. The minimum absolute atomic E-state index is 0.0156. The van der Waals surface area contributed by atoms with Gasteiger partial charge >= 0.3 is 0 Å². The van der Waals surface area contributed by atoms with Gasteiger partial charge in [-0.15, -0.1) is 0 Å². The van der Waals surface area contributed by atoms with Crippen molar-refractivity contribution in [3.63, 3.8) is 0 Å². The third kappa shape index (κ3) is 2.92. The van der Waals surface area contributed by atoms with E-state index >= 15 is 0 Å². The van der Waals surface area contributed by atoms with E-state index in [4.69, 9.17) is 0 Å². The van der Waals surface area contributed by atoms with Gasteiger partial charge in [-0.2, -0.15) is 0 Å². The summed E-state index contributed by atoms with van der Waals surface area (Å²) in [6.07, 6.45) is 2.40. The highest BCUT2D eigenvalue weighted by molar-refractivity contribution is 5.89. The van der Waals surface area contributed by atoms with Gasteiger partial charge in [-0.3, -0.25) is 9.59 Å². The van der Waals surface area contributed by atoms with E-state index < -0.39 is 0 Å². The van der Waals surface area contributed by atoms with Gasteiger partial charge in [0, 0.05) is 12.3 Å². The van der Waals surface area contributed by atoms with Crippen molar-refractivity contribution in [2.45, 2.75) is 39.2 Å². The van der Waals surface area contributed by atoms with Crippen LogP contribution in [-0.2, 0) is 9.59 Å². The summed E-state index contributed by atoms with van der Waals surface area (Å²) in [6.45, 7) is 4.29. The van der Waals surface area contributed by atoms with E-state index in [-0.39, 0.29) is 23.5 Å². The Balaban J connectivity index is 2.35. The van der Waals surface area contributed by atoms with E-state index in [1.807, 2.05) is 6.92 Å². The molecule has 2 atom stereocenters. The monoisotopic (exact) mass is 183 g/mol. The normalized spacial score (nSPS) is 24.3. The van der Waals surface area contributed by atoms with Gasteiger partial charge in [0.1, 0.15) is 11.6 Å². The maximum Gasteiger partial charge on any atom is 0.150 e. The highest BCUT2D eigenvalue weighted by atomic mass is 16.1. The maximum absolute atomic E-state index is 11.5. The molecular formula is C10H17NO2. The van der Waals surface area contributed by atoms with Crippen LogP contribution in [0.2, 0.25) is 0 Å². The highest BCUT2D eigenvalue weighted by Crippen LogP contribution is 2.12. The SMILES string of the molecule is CC(=O)[C@H](C)CC(=O)[C@@H]1CCCN1. The van der Waals surface area contributed by atoms with Crippen LogP contribution in [0.25, 0.3) is 0 Å². The molecule has 0 spiro atoms. The van der Waals surface area contributed by atoms with Crippen molar-refractivity contribution >= 4 is 11.6 Å². The molecule has 13 heavy (non-hydrogen) atoms. The van der Waals surface area contributed by atoms with E-state index in [0.29, 0.717) is 6.42 Å². The second-order valence-electron chi connectivity index (χ2n) is 3.83. The van der Waals surface area contributed by atoms with Crippen LogP contribution in [0.4, 0.5) is 0 Å². The predicted octanol–water partition coefficient (Wildman–Crippen LogP) is 0.923. The number of Topliss-reactive ketones (excluding diaryl/α,β-unsaturated/α-hetero) is 2. The molecule has 0 amide bonds. The van der Waals surface area contributed by atoms with Crippen LogP contribution in [0.5, 0.6) is 0 Å². The fraction of sp³-hybridized carbons (Fsp3) is 0.800. The number of nitrogens with one attached hydrogen (secondary N) is 1. The fourth-order valence-electron chi connectivity index (χ4n) is 1.55. The minimum Gasteiger partial charge on any atom is -0.307 e. The van der Waals surface area contributed by atoms with E-state index in [9.17, 15) is 9.59 Å². The van der Waals surface area contributed by atoms with Crippen molar-refractivity contribution in [1.29, 1.82) is 0 Å². The van der Waals surface area contributed by atoms with Crippen LogP contribution in [0, 0.1) is 5.92 Å². The lowest BCUT2D eigenvalue weighted by Gasteiger charge is -2.11. The largest absolute Gasteiger partial charge is 0.307 e. The van der Waals surface area contributed by atoms with Gasteiger partial charge in [-0.1, -0.05) is 6.92 Å². The van der Waals surface area contributed by atoms with Crippen LogP contribution in [-0.4, -0.2) is 24.2 Å². The zero-order valence-electron chi connectivity index (χ0n) is 8.30. The topological polar surface area (TPSA) is 46.2 Å². The molecule has 0 saturated carbocycles. The van der Waals surface area contributed by atoms with Gasteiger partial charge in [-0.25, -0.2) is 0 Å². The number of hydrogen-bond donors (Lipinski definition) is 1. The van der Waals surface area contributed by atoms with E-state index in [2.05, 4.69) is 5.32 Å². The molecule has 74 valence electrons. The molecule has 1 heterocycles. The molecule has 0 radical (unpaired) electrons. The molecule has 0 unspecified atom stereocenters.